The molecule has 0 amide bonds. The first-order chi connectivity index (χ1) is 15.0. The van der Waals surface area contributed by atoms with Gasteiger partial charge in [-0.15, -0.1) is 5.10 Å². The molecule has 1 unspecified atom stereocenters. The summed E-state index contributed by atoms with van der Waals surface area (Å²) in [6.45, 7) is 2.03. The van der Waals surface area contributed by atoms with Gasteiger partial charge in [-0.3, -0.25) is 9.89 Å². The maximum Gasteiger partial charge on any atom is 0.308 e. The van der Waals surface area contributed by atoms with Gasteiger partial charge < -0.3 is 10.4 Å². The molecule has 0 aliphatic heterocycles. The Hall–Kier alpha value is -3.82. The number of H-pyrrole nitrogens is 1. The number of aliphatic carboxylic acids is 1. The molecule has 0 aromatic carbocycles. The molecule has 158 valence electrons. The van der Waals surface area contributed by atoms with Crippen LogP contribution in [0.15, 0.2) is 42.7 Å². The molecule has 4 heterocycles. The van der Waals surface area contributed by atoms with Gasteiger partial charge in [0.2, 0.25) is 5.82 Å². The molecule has 0 radical (unpaired) electrons. The third-order valence-corrected chi connectivity index (χ3v) is 5.75. The molecule has 3 N–H and O–H groups in total. The Morgan fingerprint density at radius 1 is 1.45 bits per heavy atom. The van der Waals surface area contributed by atoms with Crippen molar-refractivity contribution in [1.82, 2.24) is 29.8 Å². The highest BCUT2D eigenvalue weighted by Crippen LogP contribution is 2.32. The molecule has 10 heteroatoms. The monoisotopic (exact) mass is 421 g/mol. The fourth-order valence-corrected chi connectivity index (χ4v) is 4.17. The number of allylic oxidation sites excluding steroid dienone is 1. The lowest BCUT2D eigenvalue weighted by atomic mass is 9.80. The van der Waals surface area contributed by atoms with Gasteiger partial charge in [0.25, 0.3) is 0 Å². The molecule has 0 spiro atoms. The van der Waals surface area contributed by atoms with Crippen LogP contribution in [0.2, 0.25) is 0 Å². The quantitative estimate of drug-likeness (QED) is 0.423. The lowest BCUT2D eigenvalue weighted by Gasteiger charge is -2.33. The summed E-state index contributed by atoms with van der Waals surface area (Å²) in [5.41, 5.74) is 1.51. The molecule has 5 rings (SSSR count). The van der Waals surface area contributed by atoms with Crippen LogP contribution in [0.4, 0.5) is 10.2 Å². The lowest BCUT2D eigenvalue weighted by molar-refractivity contribution is -0.142. The number of rotatable bonds is 5. The molecule has 31 heavy (non-hydrogen) atoms. The summed E-state index contributed by atoms with van der Waals surface area (Å²) in [6, 6.07) is 4.69. The van der Waals surface area contributed by atoms with Gasteiger partial charge in [-0.05, 0) is 37.0 Å². The van der Waals surface area contributed by atoms with Crippen molar-refractivity contribution in [2.45, 2.75) is 25.8 Å². The smallest absolute Gasteiger partial charge is 0.308 e. The van der Waals surface area contributed by atoms with Crippen LogP contribution in [0.25, 0.3) is 28.1 Å². The number of anilines is 1. The fourth-order valence-electron chi connectivity index (χ4n) is 4.17. The van der Waals surface area contributed by atoms with Gasteiger partial charge in [0.15, 0.2) is 11.5 Å². The van der Waals surface area contributed by atoms with Crippen LogP contribution < -0.4 is 5.32 Å². The Bertz CT molecular complexity index is 1310. The summed E-state index contributed by atoms with van der Waals surface area (Å²) >= 11 is 0. The summed E-state index contributed by atoms with van der Waals surface area (Å²) in [5, 5.41) is 25.1. The zero-order valence-electron chi connectivity index (χ0n) is 16.7. The van der Waals surface area contributed by atoms with E-state index in [1.165, 1.54) is 6.07 Å². The van der Waals surface area contributed by atoms with Crippen molar-refractivity contribution in [1.29, 1.82) is 0 Å². The number of aromatic nitrogens is 6. The summed E-state index contributed by atoms with van der Waals surface area (Å²) in [6.07, 6.45) is 8.12. The largest absolute Gasteiger partial charge is 0.481 e. The Kier molecular flexibility index (Phi) is 4.61. The maximum atomic E-state index is 13.8. The molecule has 0 saturated carbocycles. The number of aromatic amines is 1. The molecule has 4 aromatic heterocycles. The molecular weight excluding hydrogens is 401 g/mol. The number of hydrogen-bond donors (Lipinski definition) is 3. The average Bonchev–Trinajstić information content (AvgIpc) is 3.40. The number of hydrogen-bond acceptors (Lipinski definition) is 6. The number of nitrogens with one attached hydrogen (secondary N) is 2. The fraction of sp³-hybridized carbons (Fsp3) is 0.286. The molecule has 0 bridgehead atoms. The third-order valence-electron chi connectivity index (χ3n) is 5.75. The number of fused-ring (bicyclic) bond motifs is 2. The second-order valence-electron chi connectivity index (χ2n) is 7.60. The summed E-state index contributed by atoms with van der Waals surface area (Å²) in [5.74, 6) is -1.05. The highest BCUT2D eigenvalue weighted by molar-refractivity contribution is 5.89. The van der Waals surface area contributed by atoms with Crippen LogP contribution in [0.3, 0.4) is 0 Å². The number of carboxylic acid groups (broad SMARTS) is 1. The molecule has 9 nitrogen and oxygen atoms in total. The van der Waals surface area contributed by atoms with E-state index in [1.807, 2.05) is 25.1 Å². The van der Waals surface area contributed by atoms with Gasteiger partial charge in [0.1, 0.15) is 17.0 Å². The van der Waals surface area contributed by atoms with Gasteiger partial charge in [-0.2, -0.15) is 5.10 Å². The van der Waals surface area contributed by atoms with Crippen LogP contribution in [0.5, 0.6) is 0 Å². The Labute approximate surface area is 176 Å². The van der Waals surface area contributed by atoms with Gasteiger partial charge in [-0.25, -0.2) is 18.9 Å². The molecular formula is C21H20FN7O2. The first-order valence-electron chi connectivity index (χ1n) is 10.1. The van der Waals surface area contributed by atoms with Crippen molar-refractivity contribution >= 4 is 28.3 Å². The van der Waals surface area contributed by atoms with Crippen LogP contribution in [-0.4, -0.2) is 46.9 Å². The van der Waals surface area contributed by atoms with Crippen LogP contribution >= 0.6 is 0 Å². The van der Waals surface area contributed by atoms with E-state index in [2.05, 4.69) is 36.7 Å². The third kappa shape index (κ3) is 3.29. The number of nitrogens with zero attached hydrogens (tertiary/aromatic N) is 5. The summed E-state index contributed by atoms with van der Waals surface area (Å²) in [7, 11) is 0. The first-order valence-corrected chi connectivity index (χ1v) is 10.1. The normalized spacial score (nSPS) is 21.0. The molecule has 3 atom stereocenters. The van der Waals surface area contributed by atoms with E-state index in [-0.39, 0.29) is 12.0 Å². The average molecular weight is 421 g/mol. The van der Waals surface area contributed by atoms with Gasteiger partial charge in [0.05, 0.1) is 17.5 Å². The van der Waals surface area contributed by atoms with E-state index in [4.69, 9.17) is 0 Å². The van der Waals surface area contributed by atoms with Crippen LogP contribution in [0.1, 0.15) is 19.8 Å². The number of halogens is 1. The van der Waals surface area contributed by atoms with E-state index in [1.54, 1.807) is 10.7 Å². The van der Waals surface area contributed by atoms with Gasteiger partial charge in [-0.1, -0.05) is 19.1 Å². The maximum absolute atomic E-state index is 13.8. The van der Waals surface area contributed by atoms with E-state index >= 15 is 0 Å². The zero-order chi connectivity index (χ0) is 21.5. The van der Waals surface area contributed by atoms with Crippen molar-refractivity contribution < 1.29 is 14.3 Å². The minimum atomic E-state index is -0.845. The number of carbonyl (C=O) groups is 1. The summed E-state index contributed by atoms with van der Waals surface area (Å²) < 4.78 is 15.4. The van der Waals surface area contributed by atoms with Crippen molar-refractivity contribution in [3.05, 3.63) is 48.6 Å². The molecule has 0 fully saturated rings. The van der Waals surface area contributed by atoms with Crippen molar-refractivity contribution in [2.75, 3.05) is 5.32 Å². The van der Waals surface area contributed by atoms with E-state index in [0.29, 0.717) is 40.3 Å². The highest BCUT2D eigenvalue weighted by Gasteiger charge is 2.35. The minimum Gasteiger partial charge on any atom is -0.481 e. The van der Waals surface area contributed by atoms with E-state index < -0.39 is 17.7 Å². The highest BCUT2D eigenvalue weighted by atomic mass is 19.1. The Morgan fingerprint density at radius 2 is 2.32 bits per heavy atom. The predicted molar refractivity (Wildman–Crippen MR) is 112 cm³/mol. The second-order valence-corrected chi connectivity index (χ2v) is 7.60. The van der Waals surface area contributed by atoms with Crippen molar-refractivity contribution in [2.24, 2.45) is 11.8 Å². The molecule has 1 aliphatic rings. The second kappa shape index (κ2) is 7.46. The number of carboxylic acids is 1. The van der Waals surface area contributed by atoms with E-state index in [0.717, 1.165) is 12.6 Å². The predicted octanol–water partition coefficient (Wildman–Crippen LogP) is 3.27. The van der Waals surface area contributed by atoms with Crippen molar-refractivity contribution in [3.8, 4) is 11.5 Å². The lowest BCUT2D eigenvalue weighted by Crippen LogP contribution is -2.41. The first kappa shape index (κ1) is 19.2. The molecule has 0 saturated heterocycles. The van der Waals surface area contributed by atoms with Gasteiger partial charge >= 0.3 is 5.97 Å². The Morgan fingerprint density at radius 3 is 3.13 bits per heavy atom. The molecule has 1 aliphatic carbocycles. The SMILES string of the molecule is CC[C@@H]1C=CC[C@H](C(=O)O)C1Nc1nc(-c2[nH]nc3ncc(F)cc23)nn2cccc12. The zero-order valence-corrected chi connectivity index (χ0v) is 16.7. The van der Waals surface area contributed by atoms with Crippen LogP contribution in [0, 0.1) is 17.7 Å². The number of pyridine rings is 1. The Balaban J connectivity index is 1.62. The van der Waals surface area contributed by atoms with Crippen molar-refractivity contribution in [3.63, 3.8) is 0 Å². The standard InChI is InChI=1S/C21H20FN7O2/c1-2-11-5-3-6-13(21(30)31)16(11)24-19-15-7-4-8-29(15)28-20(25-19)17-14-9-12(22)10-23-18(14)27-26-17/h3-5,7-11,13,16H,2,6H2,1H3,(H,30,31)(H,23,26,27)(H,24,25,28)/t11-,13+,16?/m1/s1. The van der Waals surface area contributed by atoms with E-state index in [9.17, 15) is 14.3 Å². The molecule has 4 aromatic rings. The van der Waals surface area contributed by atoms with Crippen LogP contribution in [-0.2, 0) is 4.79 Å². The topological polar surface area (TPSA) is 121 Å². The summed E-state index contributed by atoms with van der Waals surface area (Å²) in [4.78, 5) is 20.5. The minimum absolute atomic E-state index is 0.0505. The van der Waals surface area contributed by atoms with Gasteiger partial charge in [0, 0.05) is 12.2 Å².